The van der Waals surface area contributed by atoms with E-state index in [1.807, 2.05) is 42.5 Å². The second-order valence-corrected chi connectivity index (χ2v) is 7.46. The van der Waals surface area contributed by atoms with Gasteiger partial charge in [0.25, 0.3) is 0 Å². The van der Waals surface area contributed by atoms with Crippen molar-refractivity contribution in [1.82, 2.24) is 0 Å². The van der Waals surface area contributed by atoms with Gasteiger partial charge in [-0.2, -0.15) is 0 Å². The van der Waals surface area contributed by atoms with Gasteiger partial charge in [0.15, 0.2) is 0 Å². The molecule has 3 aromatic rings. The molecule has 0 N–H and O–H groups in total. The molecule has 0 bridgehead atoms. The molecule has 0 spiro atoms. The van der Waals surface area contributed by atoms with E-state index < -0.39 is 0 Å². The summed E-state index contributed by atoms with van der Waals surface area (Å²) < 4.78 is 0. The number of halogens is 1. The van der Waals surface area contributed by atoms with Crippen LogP contribution >= 0.6 is 23.4 Å². The van der Waals surface area contributed by atoms with Crippen LogP contribution in [-0.4, -0.2) is 17.3 Å². The van der Waals surface area contributed by atoms with Crippen LogP contribution in [0.1, 0.15) is 16.7 Å². The molecule has 1 aliphatic rings. The number of nitrogens with zero attached hydrogens (tertiary/aromatic N) is 2. The number of rotatable bonds is 3. The highest BCUT2D eigenvalue weighted by Gasteiger charge is 2.16. The van der Waals surface area contributed by atoms with E-state index in [2.05, 4.69) is 36.4 Å². The second kappa shape index (κ2) is 7.90. The Morgan fingerprint density at radius 2 is 1.62 bits per heavy atom. The molecule has 3 aromatic carbocycles. The number of fused-ring (bicyclic) bond motifs is 1. The Labute approximate surface area is 162 Å². The summed E-state index contributed by atoms with van der Waals surface area (Å²) in [5.41, 5.74) is 5.22. The highest BCUT2D eigenvalue weighted by molar-refractivity contribution is 8.13. The predicted octanol–water partition coefficient (Wildman–Crippen LogP) is 6.15. The number of thioether (sulfide) groups is 1. The van der Waals surface area contributed by atoms with E-state index in [4.69, 9.17) is 21.6 Å². The Morgan fingerprint density at radius 1 is 0.885 bits per heavy atom. The third-order valence-corrected chi connectivity index (χ3v) is 5.39. The number of hydrogen-bond acceptors (Lipinski definition) is 3. The van der Waals surface area contributed by atoms with Crippen LogP contribution in [0.3, 0.4) is 0 Å². The van der Waals surface area contributed by atoms with Gasteiger partial charge in [-0.1, -0.05) is 72.3 Å². The van der Waals surface area contributed by atoms with E-state index in [-0.39, 0.29) is 0 Å². The highest BCUT2D eigenvalue weighted by Crippen LogP contribution is 2.30. The van der Waals surface area contributed by atoms with Gasteiger partial charge in [0.1, 0.15) is 0 Å². The van der Waals surface area contributed by atoms with Crippen molar-refractivity contribution in [2.75, 3.05) is 6.54 Å². The molecule has 0 aliphatic carbocycles. The smallest absolute Gasteiger partial charge is 0.0957 e. The number of aliphatic imine (C=N–C) groups is 2. The first-order valence-electron chi connectivity index (χ1n) is 8.44. The first kappa shape index (κ1) is 17.1. The minimum absolute atomic E-state index is 0.577. The van der Waals surface area contributed by atoms with Crippen LogP contribution in [-0.2, 0) is 5.75 Å². The van der Waals surface area contributed by atoms with Crippen LogP contribution in [0.2, 0.25) is 5.02 Å². The van der Waals surface area contributed by atoms with Gasteiger partial charge in [-0.25, -0.2) is 4.99 Å². The van der Waals surface area contributed by atoms with E-state index in [0.29, 0.717) is 11.6 Å². The van der Waals surface area contributed by atoms with Crippen LogP contribution in [0.4, 0.5) is 5.69 Å². The van der Waals surface area contributed by atoms with Crippen LogP contribution in [0.5, 0.6) is 0 Å². The Kier molecular flexibility index (Phi) is 5.19. The minimum atomic E-state index is 0.577. The Bertz CT molecular complexity index is 966. The standard InChI is InChI=1S/C22H17ClN2S/c23-18-11-12-20-19(13-18)22(17-9-5-2-6-10-17)24-14-21(25-20)26-15-16-7-3-1-4-8-16/h1-13H,14-15H2. The molecule has 1 aliphatic heterocycles. The maximum Gasteiger partial charge on any atom is 0.0957 e. The topological polar surface area (TPSA) is 24.7 Å². The van der Waals surface area contributed by atoms with Gasteiger partial charge >= 0.3 is 0 Å². The largest absolute Gasteiger partial charge is 0.277 e. The molecular weight excluding hydrogens is 360 g/mol. The normalized spacial score (nSPS) is 13.4. The third-order valence-electron chi connectivity index (χ3n) is 4.13. The minimum Gasteiger partial charge on any atom is -0.277 e. The molecule has 26 heavy (non-hydrogen) atoms. The summed E-state index contributed by atoms with van der Waals surface area (Å²) in [4.78, 5) is 9.75. The molecule has 0 saturated heterocycles. The molecule has 0 fully saturated rings. The van der Waals surface area contributed by atoms with Gasteiger partial charge < -0.3 is 0 Å². The van der Waals surface area contributed by atoms with E-state index >= 15 is 0 Å². The first-order valence-corrected chi connectivity index (χ1v) is 9.80. The van der Waals surface area contributed by atoms with Crippen molar-refractivity contribution < 1.29 is 0 Å². The first-order chi connectivity index (χ1) is 12.8. The lowest BCUT2D eigenvalue weighted by molar-refractivity contribution is 1.31. The van der Waals surface area contributed by atoms with Crippen molar-refractivity contribution in [2.45, 2.75) is 5.75 Å². The Hall–Kier alpha value is -2.36. The summed E-state index contributed by atoms with van der Waals surface area (Å²) in [6, 6.07) is 26.5. The van der Waals surface area contributed by atoms with Crippen LogP contribution < -0.4 is 0 Å². The van der Waals surface area contributed by atoms with Crippen molar-refractivity contribution in [3.8, 4) is 0 Å². The van der Waals surface area contributed by atoms with Crippen LogP contribution in [0.25, 0.3) is 0 Å². The summed E-state index contributed by atoms with van der Waals surface area (Å²) in [5.74, 6) is 0.888. The van der Waals surface area contributed by atoms with Gasteiger partial charge in [-0.3, -0.25) is 4.99 Å². The molecule has 4 rings (SSSR count). The molecule has 128 valence electrons. The fourth-order valence-corrected chi connectivity index (χ4v) is 3.88. The third kappa shape index (κ3) is 3.90. The summed E-state index contributed by atoms with van der Waals surface area (Å²) in [7, 11) is 0. The van der Waals surface area contributed by atoms with Gasteiger partial charge in [-0.15, -0.1) is 11.8 Å². The van der Waals surface area contributed by atoms with E-state index in [1.165, 1.54) is 5.56 Å². The van der Waals surface area contributed by atoms with Crippen molar-refractivity contribution >= 4 is 39.8 Å². The molecule has 0 amide bonds. The Balaban J connectivity index is 1.67. The van der Waals surface area contributed by atoms with E-state index in [1.54, 1.807) is 11.8 Å². The quantitative estimate of drug-likeness (QED) is 0.537. The molecule has 0 atom stereocenters. The zero-order valence-corrected chi connectivity index (χ0v) is 15.7. The van der Waals surface area contributed by atoms with E-state index in [9.17, 15) is 0 Å². The lowest BCUT2D eigenvalue weighted by Gasteiger charge is -2.08. The second-order valence-electron chi connectivity index (χ2n) is 5.97. The number of hydrogen-bond donors (Lipinski definition) is 0. The van der Waals surface area contributed by atoms with Crippen LogP contribution in [0, 0.1) is 0 Å². The van der Waals surface area contributed by atoms with Gasteiger partial charge in [0.05, 0.1) is 23.0 Å². The molecule has 2 nitrogen and oxygen atoms in total. The maximum absolute atomic E-state index is 6.25. The zero-order chi connectivity index (χ0) is 17.8. The average molecular weight is 377 g/mol. The predicted molar refractivity (Wildman–Crippen MR) is 113 cm³/mol. The SMILES string of the molecule is Clc1ccc2c(c1)C(c1ccccc1)=NCC(SCc1ccccc1)=N2. The van der Waals surface area contributed by atoms with Gasteiger partial charge in [-0.05, 0) is 23.8 Å². The van der Waals surface area contributed by atoms with Crippen molar-refractivity contribution in [3.05, 3.63) is 101 Å². The zero-order valence-electron chi connectivity index (χ0n) is 14.1. The van der Waals surface area contributed by atoms with Gasteiger partial charge in [0, 0.05) is 21.9 Å². The molecule has 4 heteroatoms. The summed E-state index contributed by atoms with van der Waals surface area (Å²) in [6.45, 7) is 0.577. The summed E-state index contributed by atoms with van der Waals surface area (Å²) >= 11 is 7.99. The monoisotopic (exact) mass is 376 g/mol. The number of benzene rings is 3. The van der Waals surface area contributed by atoms with Gasteiger partial charge in [0.2, 0.25) is 0 Å². The maximum atomic E-state index is 6.25. The molecule has 0 aromatic heterocycles. The molecular formula is C22H17ClN2S. The van der Waals surface area contributed by atoms with Crippen LogP contribution in [0.15, 0.2) is 88.8 Å². The molecule has 0 radical (unpaired) electrons. The molecule has 0 unspecified atom stereocenters. The lowest BCUT2D eigenvalue weighted by atomic mass is 10.0. The average Bonchev–Trinajstić information content (AvgIpc) is 2.87. The Morgan fingerprint density at radius 3 is 2.38 bits per heavy atom. The fraction of sp³-hybridized carbons (Fsp3) is 0.0909. The van der Waals surface area contributed by atoms with Crippen molar-refractivity contribution in [1.29, 1.82) is 0 Å². The highest BCUT2D eigenvalue weighted by atomic mass is 35.5. The summed E-state index contributed by atoms with van der Waals surface area (Å²) in [6.07, 6.45) is 0. The van der Waals surface area contributed by atoms with E-state index in [0.717, 1.165) is 33.3 Å². The molecule has 1 heterocycles. The lowest BCUT2D eigenvalue weighted by Crippen LogP contribution is -2.05. The summed E-state index contributed by atoms with van der Waals surface area (Å²) in [5, 5.41) is 1.71. The van der Waals surface area contributed by atoms with Crippen molar-refractivity contribution in [3.63, 3.8) is 0 Å². The fourth-order valence-electron chi connectivity index (χ4n) is 2.86. The molecule has 0 saturated carbocycles. The van der Waals surface area contributed by atoms with Crippen molar-refractivity contribution in [2.24, 2.45) is 9.98 Å².